The Morgan fingerprint density at radius 2 is 2.19 bits per heavy atom. The molecule has 0 aliphatic carbocycles. The monoisotopic (exact) mass is 315 g/mol. The number of carboxylic acid groups (broad SMARTS) is 1. The molecule has 114 valence electrons. The molecule has 8 nitrogen and oxygen atoms in total. The van der Waals surface area contributed by atoms with E-state index in [9.17, 15) is 19.7 Å². The molecule has 9 heteroatoms. The Bertz CT molecular complexity index is 578. The predicted octanol–water partition coefficient (Wildman–Crippen LogP) is 1.87. The Kier molecular flexibility index (Phi) is 5.60. The van der Waals surface area contributed by atoms with Crippen molar-refractivity contribution in [1.82, 2.24) is 10.3 Å². The van der Waals surface area contributed by atoms with Crippen LogP contribution in [0.4, 0.5) is 5.69 Å². The molecule has 0 aliphatic heterocycles. The van der Waals surface area contributed by atoms with Gasteiger partial charge in [-0.05, 0) is 12.0 Å². The number of carbonyl (C=O) groups excluding carboxylic acids is 1. The van der Waals surface area contributed by atoms with Crippen LogP contribution in [0.25, 0.3) is 0 Å². The Balaban J connectivity index is 3.12. The third-order valence-electron chi connectivity index (χ3n) is 3.07. The van der Waals surface area contributed by atoms with Crippen LogP contribution in [-0.4, -0.2) is 32.9 Å². The second-order valence-electron chi connectivity index (χ2n) is 4.43. The van der Waals surface area contributed by atoms with E-state index in [1.807, 2.05) is 0 Å². The molecule has 0 aliphatic rings. The van der Waals surface area contributed by atoms with Gasteiger partial charge in [0.25, 0.3) is 5.91 Å². The van der Waals surface area contributed by atoms with Crippen LogP contribution in [0.5, 0.6) is 0 Å². The smallest absolute Gasteiger partial charge is 0.326 e. The molecule has 0 fully saturated rings. The summed E-state index contributed by atoms with van der Waals surface area (Å²) in [4.78, 5) is 36.9. The molecule has 21 heavy (non-hydrogen) atoms. The molecule has 0 spiro atoms. The van der Waals surface area contributed by atoms with E-state index in [1.165, 1.54) is 0 Å². The van der Waals surface area contributed by atoms with Gasteiger partial charge >= 0.3 is 11.7 Å². The number of amides is 1. The topological polar surface area (TPSA) is 122 Å². The lowest BCUT2D eigenvalue weighted by Gasteiger charge is -2.20. The summed E-state index contributed by atoms with van der Waals surface area (Å²) in [6.45, 7) is 3.44. The maximum atomic E-state index is 12.1. The van der Waals surface area contributed by atoms with Gasteiger partial charge in [0.15, 0.2) is 0 Å². The zero-order chi connectivity index (χ0) is 16.2. The summed E-state index contributed by atoms with van der Waals surface area (Å²) < 4.78 is 0. The first-order chi connectivity index (χ1) is 9.79. The lowest BCUT2D eigenvalue weighted by molar-refractivity contribution is -0.385. The molecular weight excluding hydrogens is 302 g/mol. The molecule has 1 aromatic heterocycles. The number of hydrogen-bond acceptors (Lipinski definition) is 5. The average molecular weight is 316 g/mol. The van der Waals surface area contributed by atoms with Gasteiger partial charge in [-0.2, -0.15) is 0 Å². The lowest BCUT2D eigenvalue weighted by atomic mass is 9.99. The predicted molar refractivity (Wildman–Crippen MR) is 74.2 cm³/mol. The number of rotatable bonds is 6. The zero-order valence-electron chi connectivity index (χ0n) is 11.4. The van der Waals surface area contributed by atoms with E-state index in [1.54, 1.807) is 13.8 Å². The second-order valence-corrected chi connectivity index (χ2v) is 4.79. The molecule has 2 N–H and O–H groups in total. The zero-order valence-corrected chi connectivity index (χ0v) is 12.1. The lowest BCUT2D eigenvalue weighted by Crippen LogP contribution is -2.45. The Labute approximate surface area is 125 Å². The van der Waals surface area contributed by atoms with E-state index in [0.717, 1.165) is 12.3 Å². The Morgan fingerprint density at radius 3 is 2.67 bits per heavy atom. The van der Waals surface area contributed by atoms with Gasteiger partial charge < -0.3 is 10.4 Å². The molecule has 1 heterocycles. The minimum Gasteiger partial charge on any atom is -0.480 e. The third kappa shape index (κ3) is 3.88. The number of aliphatic carboxylic acids is 1. The molecule has 0 saturated carbocycles. The summed E-state index contributed by atoms with van der Waals surface area (Å²) in [5.74, 6) is -2.41. The van der Waals surface area contributed by atoms with Crippen LogP contribution in [-0.2, 0) is 4.79 Å². The highest BCUT2D eigenvalue weighted by atomic mass is 35.5. The van der Waals surface area contributed by atoms with E-state index < -0.39 is 33.7 Å². The summed E-state index contributed by atoms with van der Waals surface area (Å²) in [5.41, 5.74) is -0.973. The number of pyridine rings is 1. The van der Waals surface area contributed by atoms with E-state index in [2.05, 4.69) is 10.3 Å². The number of carboxylic acids is 1. The van der Waals surface area contributed by atoms with Crippen molar-refractivity contribution in [3.05, 3.63) is 33.1 Å². The average Bonchev–Trinajstić information content (AvgIpc) is 2.42. The molecule has 0 aromatic carbocycles. The maximum absolute atomic E-state index is 12.1. The Hall–Kier alpha value is -2.22. The number of hydrogen-bond donors (Lipinski definition) is 2. The Morgan fingerprint density at radius 1 is 1.57 bits per heavy atom. The van der Waals surface area contributed by atoms with Crippen molar-refractivity contribution in [3.63, 3.8) is 0 Å². The van der Waals surface area contributed by atoms with E-state index in [0.29, 0.717) is 6.42 Å². The summed E-state index contributed by atoms with van der Waals surface area (Å²) in [7, 11) is 0. The number of nitrogens with one attached hydrogen (secondary N) is 1. The van der Waals surface area contributed by atoms with Crippen molar-refractivity contribution in [3.8, 4) is 0 Å². The van der Waals surface area contributed by atoms with Gasteiger partial charge in [0.05, 0.1) is 4.92 Å². The highest BCUT2D eigenvalue weighted by molar-refractivity contribution is 6.32. The molecule has 2 atom stereocenters. The van der Waals surface area contributed by atoms with Crippen molar-refractivity contribution < 1.29 is 19.6 Å². The fourth-order valence-corrected chi connectivity index (χ4v) is 1.91. The van der Waals surface area contributed by atoms with E-state index in [4.69, 9.17) is 16.7 Å². The summed E-state index contributed by atoms with van der Waals surface area (Å²) in [6, 6.07) is -0.0245. The fraction of sp³-hybridized carbons (Fsp3) is 0.417. The maximum Gasteiger partial charge on any atom is 0.326 e. The van der Waals surface area contributed by atoms with Gasteiger partial charge in [-0.3, -0.25) is 14.9 Å². The standard InChI is InChI=1S/C12H14ClN3O5/c1-3-6(2)8(12(18)19)15-11(17)7-4-5-14-10(13)9(7)16(20)21/h4-6,8H,3H2,1-2H3,(H,15,17)(H,18,19)/t6-,8-/m0/s1. The number of halogens is 1. The minimum atomic E-state index is -1.21. The number of carbonyl (C=O) groups is 2. The van der Waals surface area contributed by atoms with Crippen LogP contribution in [0.2, 0.25) is 5.15 Å². The van der Waals surface area contributed by atoms with E-state index >= 15 is 0 Å². The van der Waals surface area contributed by atoms with Crippen molar-refractivity contribution in [1.29, 1.82) is 0 Å². The summed E-state index contributed by atoms with van der Waals surface area (Å²) in [6.07, 6.45) is 1.67. The van der Waals surface area contributed by atoms with Gasteiger partial charge in [-0.1, -0.05) is 31.9 Å². The molecule has 0 unspecified atom stereocenters. The van der Waals surface area contributed by atoms with Gasteiger partial charge in [0.1, 0.15) is 11.6 Å². The first kappa shape index (κ1) is 16.8. The van der Waals surface area contributed by atoms with Gasteiger partial charge in [-0.25, -0.2) is 9.78 Å². The molecule has 0 radical (unpaired) electrons. The van der Waals surface area contributed by atoms with Crippen LogP contribution in [0.1, 0.15) is 30.6 Å². The number of nitrogens with zero attached hydrogens (tertiary/aromatic N) is 2. The van der Waals surface area contributed by atoms with Crippen LogP contribution in [0.15, 0.2) is 12.3 Å². The van der Waals surface area contributed by atoms with Crippen molar-refractivity contribution in [2.75, 3.05) is 0 Å². The van der Waals surface area contributed by atoms with Crippen molar-refractivity contribution >= 4 is 29.2 Å². The molecule has 1 rings (SSSR count). The molecule has 0 saturated heterocycles. The molecule has 1 amide bonds. The highest BCUT2D eigenvalue weighted by Crippen LogP contribution is 2.26. The van der Waals surface area contributed by atoms with Crippen LogP contribution in [0.3, 0.4) is 0 Å². The first-order valence-electron chi connectivity index (χ1n) is 6.12. The summed E-state index contributed by atoms with van der Waals surface area (Å²) in [5, 5.41) is 21.9. The van der Waals surface area contributed by atoms with Crippen molar-refractivity contribution in [2.45, 2.75) is 26.3 Å². The normalized spacial score (nSPS) is 13.3. The second kappa shape index (κ2) is 6.98. The highest BCUT2D eigenvalue weighted by Gasteiger charge is 2.30. The summed E-state index contributed by atoms with van der Waals surface area (Å²) >= 11 is 5.61. The largest absolute Gasteiger partial charge is 0.480 e. The quantitative estimate of drug-likeness (QED) is 0.469. The van der Waals surface area contributed by atoms with E-state index in [-0.39, 0.29) is 11.5 Å². The molecule has 1 aromatic rings. The van der Waals surface area contributed by atoms with Gasteiger partial charge in [0, 0.05) is 6.20 Å². The number of aromatic nitrogens is 1. The van der Waals surface area contributed by atoms with Crippen LogP contribution < -0.4 is 5.32 Å². The molecular formula is C12H14ClN3O5. The van der Waals surface area contributed by atoms with Crippen LogP contribution >= 0.6 is 11.6 Å². The third-order valence-corrected chi connectivity index (χ3v) is 3.35. The van der Waals surface area contributed by atoms with Gasteiger partial charge in [-0.15, -0.1) is 0 Å². The first-order valence-corrected chi connectivity index (χ1v) is 6.49. The SMILES string of the molecule is CC[C@H](C)[C@H](NC(=O)c1ccnc(Cl)c1[N+](=O)[O-])C(=O)O. The number of nitro groups is 1. The minimum absolute atomic E-state index is 0.324. The van der Waals surface area contributed by atoms with Crippen molar-refractivity contribution in [2.24, 2.45) is 5.92 Å². The fourth-order valence-electron chi connectivity index (χ4n) is 1.69. The van der Waals surface area contributed by atoms with Crippen LogP contribution in [0, 0.1) is 16.0 Å². The molecule has 0 bridgehead atoms. The van der Waals surface area contributed by atoms with Gasteiger partial charge in [0.2, 0.25) is 5.15 Å².